The normalized spacial score (nSPS) is 24.7. The van der Waals surface area contributed by atoms with E-state index in [1.54, 1.807) is 19.2 Å². The van der Waals surface area contributed by atoms with E-state index < -0.39 is 0 Å². The molecule has 2 aliphatic rings. The van der Waals surface area contributed by atoms with Crippen LogP contribution in [0.3, 0.4) is 0 Å². The van der Waals surface area contributed by atoms with Crippen molar-refractivity contribution in [3.05, 3.63) is 58.2 Å². The van der Waals surface area contributed by atoms with Gasteiger partial charge < -0.3 is 24.8 Å². The van der Waals surface area contributed by atoms with Gasteiger partial charge in [0.2, 0.25) is 0 Å². The van der Waals surface area contributed by atoms with Crippen molar-refractivity contribution in [3.63, 3.8) is 0 Å². The summed E-state index contributed by atoms with van der Waals surface area (Å²) in [6.07, 6.45) is 5.98. The molecule has 0 bridgehead atoms. The van der Waals surface area contributed by atoms with Crippen molar-refractivity contribution in [1.29, 1.82) is 0 Å². The average Bonchev–Trinajstić information content (AvgIpc) is 2.78. The Morgan fingerprint density at radius 3 is 2.29 bits per heavy atom. The molecule has 2 aromatic rings. The summed E-state index contributed by atoms with van der Waals surface area (Å²) >= 11 is 0. The number of hydrogen-bond donors (Lipinski definition) is 3. The highest BCUT2D eigenvalue weighted by atomic mass is 16.5. The van der Waals surface area contributed by atoms with Gasteiger partial charge in [0.25, 0.3) is 0 Å². The standard InChI is InChI=1S/C30H40O5/c1-18(2)7-10-22-23(31)14-20(15-24(22)32)9-8-19-13-21-17-26-29(3,4)27(33)11-12-30(26,5)35-28(21)25(16-19)34-6/h7,13-16,26-27,31-33H,8-12,17H2,1-6H3/t26-,27-,30-/m1/s1. The van der Waals surface area contributed by atoms with Crippen molar-refractivity contribution < 1.29 is 24.8 Å². The number of phenols is 2. The summed E-state index contributed by atoms with van der Waals surface area (Å²) in [7, 11) is 1.67. The Hall–Kier alpha value is -2.66. The average molecular weight is 481 g/mol. The maximum Gasteiger partial charge on any atom is 0.165 e. The summed E-state index contributed by atoms with van der Waals surface area (Å²) in [5, 5.41) is 31.7. The first kappa shape index (κ1) is 25.4. The zero-order valence-electron chi connectivity index (χ0n) is 21.9. The van der Waals surface area contributed by atoms with Crippen LogP contribution in [-0.2, 0) is 25.7 Å². The lowest BCUT2D eigenvalue weighted by molar-refractivity contribution is -0.138. The third-order valence-corrected chi connectivity index (χ3v) is 8.26. The summed E-state index contributed by atoms with van der Waals surface area (Å²) in [6, 6.07) is 7.74. The van der Waals surface area contributed by atoms with Gasteiger partial charge in [-0.2, -0.15) is 0 Å². The van der Waals surface area contributed by atoms with Gasteiger partial charge in [0, 0.05) is 11.5 Å². The molecule has 0 unspecified atom stereocenters. The number of ether oxygens (including phenoxy) is 2. The van der Waals surface area contributed by atoms with E-state index in [1.165, 1.54) is 0 Å². The molecule has 1 saturated carbocycles. The largest absolute Gasteiger partial charge is 0.508 e. The second-order valence-electron chi connectivity index (χ2n) is 11.4. The van der Waals surface area contributed by atoms with E-state index in [-0.39, 0.29) is 34.5 Å². The minimum absolute atomic E-state index is 0.131. The fourth-order valence-corrected chi connectivity index (χ4v) is 5.98. The molecule has 5 heteroatoms. The van der Waals surface area contributed by atoms with Crippen LogP contribution in [-0.4, -0.2) is 34.1 Å². The van der Waals surface area contributed by atoms with Crippen LogP contribution in [0, 0.1) is 11.3 Å². The highest BCUT2D eigenvalue weighted by Crippen LogP contribution is 2.54. The number of aromatic hydroxyl groups is 2. The number of fused-ring (bicyclic) bond motifs is 2. The Morgan fingerprint density at radius 1 is 1.06 bits per heavy atom. The number of aryl methyl sites for hydroxylation is 2. The monoisotopic (exact) mass is 480 g/mol. The van der Waals surface area contributed by atoms with Gasteiger partial charge in [0.1, 0.15) is 17.1 Å². The first-order chi connectivity index (χ1) is 16.4. The number of allylic oxidation sites excluding steroid dienone is 2. The van der Waals surface area contributed by atoms with Gasteiger partial charge in [-0.25, -0.2) is 0 Å². The van der Waals surface area contributed by atoms with Crippen LogP contribution in [0.15, 0.2) is 35.9 Å². The first-order valence-electron chi connectivity index (χ1n) is 12.7. The van der Waals surface area contributed by atoms with Crippen LogP contribution in [0.4, 0.5) is 0 Å². The topological polar surface area (TPSA) is 79.2 Å². The van der Waals surface area contributed by atoms with Gasteiger partial charge in [-0.15, -0.1) is 0 Å². The number of aliphatic hydroxyl groups is 1. The van der Waals surface area contributed by atoms with E-state index in [0.29, 0.717) is 18.4 Å². The molecule has 3 N–H and O–H groups in total. The molecular weight excluding hydrogens is 440 g/mol. The molecule has 0 aromatic heterocycles. The first-order valence-corrected chi connectivity index (χ1v) is 12.7. The molecule has 2 aromatic carbocycles. The van der Waals surface area contributed by atoms with Gasteiger partial charge in [-0.1, -0.05) is 31.6 Å². The van der Waals surface area contributed by atoms with Gasteiger partial charge in [0.05, 0.1) is 13.2 Å². The van der Waals surface area contributed by atoms with Gasteiger partial charge >= 0.3 is 0 Å². The van der Waals surface area contributed by atoms with E-state index >= 15 is 0 Å². The van der Waals surface area contributed by atoms with Crippen LogP contribution in [0.25, 0.3) is 0 Å². The van der Waals surface area contributed by atoms with Crippen molar-refractivity contribution in [3.8, 4) is 23.0 Å². The Morgan fingerprint density at radius 2 is 1.69 bits per heavy atom. The van der Waals surface area contributed by atoms with Crippen molar-refractivity contribution in [2.75, 3.05) is 7.11 Å². The molecule has 0 spiro atoms. The van der Waals surface area contributed by atoms with E-state index in [1.807, 2.05) is 26.0 Å². The lowest BCUT2D eigenvalue weighted by Gasteiger charge is -2.55. The molecule has 190 valence electrons. The van der Waals surface area contributed by atoms with Crippen LogP contribution in [0.2, 0.25) is 0 Å². The van der Waals surface area contributed by atoms with E-state index in [0.717, 1.165) is 59.4 Å². The number of rotatable bonds is 6. The molecule has 5 nitrogen and oxygen atoms in total. The van der Waals surface area contributed by atoms with Gasteiger partial charge in [-0.05, 0) is 99.6 Å². The SMILES string of the molecule is COc1cc(CCc2cc(O)c(CC=C(C)C)c(O)c2)cc2c1O[C@]1(C)CC[C@@H](O)C(C)(C)[C@H]1C2. The third kappa shape index (κ3) is 4.88. The third-order valence-electron chi connectivity index (χ3n) is 8.26. The molecule has 1 fully saturated rings. The van der Waals surface area contributed by atoms with Crippen LogP contribution < -0.4 is 9.47 Å². The number of phenolic OH excluding ortho intramolecular Hbond substituents is 2. The summed E-state index contributed by atoms with van der Waals surface area (Å²) < 4.78 is 12.4. The predicted molar refractivity (Wildman–Crippen MR) is 139 cm³/mol. The number of hydrogen-bond acceptors (Lipinski definition) is 5. The lowest BCUT2D eigenvalue weighted by Crippen LogP contribution is -2.58. The Labute approximate surface area is 209 Å². The minimum Gasteiger partial charge on any atom is -0.508 e. The van der Waals surface area contributed by atoms with Gasteiger partial charge in [-0.3, -0.25) is 0 Å². The van der Waals surface area contributed by atoms with Crippen molar-refractivity contribution >= 4 is 0 Å². The zero-order valence-corrected chi connectivity index (χ0v) is 21.9. The molecule has 3 atom stereocenters. The molecule has 1 heterocycles. The molecule has 0 amide bonds. The molecule has 0 radical (unpaired) electrons. The molecule has 1 aliphatic heterocycles. The fraction of sp³-hybridized carbons (Fsp3) is 0.533. The Balaban J connectivity index is 1.58. The van der Waals surface area contributed by atoms with Crippen LogP contribution in [0.5, 0.6) is 23.0 Å². The smallest absolute Gasteiger partial charge is 0.165 e. The number of benzene rings is 2. The maximum absolute atomic E-state index is 10.7. The zero-order chi connectivity index (χ0) is 25.5. The molecule has 0 saturated heterocycles. The molecule has 4 rings (SSSR count). The highest BCUT2D eigenvalue weighted by Gasteiger charge is 2.54. The molecular formula is C30H40O5. The maximum atomic E-state index is 10.7. The molecule has 35 heavy (non-hydrogen) atoms. The van der Waals surface area contributed by atoms with E-state index in [4.69, 9.17) is 9.47 Å². The Bertz CT molecular complexity index is 1100. The van der Waals surface area contributed by atoms with E-state index in [2.05, 4.69) is 26.8 Å². The summed E-state index contributed by atoms with van der Waals surface area (Å²) in [6.45, 7) is 10.5. The van der Waals surface area contributed by atoms with Gasteiger partial charge in [0.15, 0.2) is 11.5 Å². The second-order valence-corrected chi connectivity index (χ2v) is 11.4. The number of methoxy groups -OCH3 is 1. The number of aliphatic hydroxyl groups excluding tert-OH is 1. The lowest BCUT2D eigenvalue weighted by atomic mass is 9.57. The summed E-state index contributed by atoms with van der Waals surface area (Å²) in [5.74, 6) is 2.02. The summed E-state index contributed by atoms with van der Waals surface area (Å²) in [5.41, 5.74) is 4.26. The quantitative estimate of drug-likeness (QED) is 0.449. The second kappa shape index (κ2) is 9.42. The van der Waals surface area contributed by atoms with E-state index in [9.17, 15) is 15.3 Å². The van der Waals surface area contributed by atoms with Crippen molar-refractivity contribution in [2.45, 2.75) is 84.8 Å². The summed E-state index contributed by atoms with van der Waals surface area (Å²) in [4.78, 5) is 0. The Kier molecular flexibility index (Phi) is 6.85. The van der Waals surface area contributed by atoms with Crippen LogP contribution >= 0.6 is 0 Å². The van der Waals surface area contributed by atoms with Crippen molar-refractivity contribution in [2.24, 2.45) is 11.3 Å². The highest BCUT2D eigenvalue weighted by molar-refractivity contribution is 5.52. The fourth-order valence-electron chi connectivity index (χ4n) is 5.98. The van der Waals surface area contributed by atoms with Crippen molar-refractivity contribution in [1.82, 2.24) is 0 Å². The predicted octanol–water partition coefficient (Wildman–Crippen LogP) is 5.89. The minimum atomic E-state index is -0.337. The van der Waals surface area contributed by atoms with Crippen LogP contribution in [0.1, 0.15) is 69.7 Å². The molecule has 1 aliphatic carbocycles.